The van der Waals surface area contributed by atoms with E-state index in [4.69, 9.17) is 24.4 Å². The number of thioether (sulfide) groups is 1. The summed E-state index contributed by atoms with van der Waals surface area (Å²) in [4.78, 5) is 27.1. The zero-order chi connectivity index (χ0) is 41.4. The van der Waals surface area contributed by atoms with Gasteiger partial charge in [-0.15, -0.1) is 0 Å². The predicted octanol–water partition coefficient (Wildman–Crippen LogP) is 9.41. The number of methoxy groups -OCH3 is 2. The van der Waals surface area contributed by atoms with Gasteiger partial charge in [-0.3, -0.25) is 9.13 Å². The Morgan fingerprint density at radius 3 is 1.50 bits per heavy atom. The maximum absolute atomic E-state index is 12.0. The van der Waals surface area contributed by atoms with Gasteiger partial charge in [0.15, 0.2) is 5.16 Å². The molecule has 10 aromatic rings. The molecule has 10 rings (SSSR count). The van der Waals surface area contributed by atoms with E-state index in [0.717, 1.165) is 67.3 Å². The summed E-state index contributed by atoms with van der Waals surface area (Å²) in [5.74, 6) is 4.16. The molecular weight excluding hydrogens is 793 g/mol. The minimum absolute atomic E-state index is 0.232. The Morgan fingerprint density at radius 2 is 1.02 bits per heavy atom. The van der Waals surface area contributed by atoms with Gasteiger partial charge in [-0.1, -0.05) is 84.6 Å². The highest BCUT2D eigenvalue weighted by Crippen LogP contribution is 2.34. The third kappa shape index (κ3) is 7.38. The summed E-state index contributed by atoms with van der Waals surface area (Å²) >= 11 is 1.52. The van der Waals surface area contributed by atoms with E-state index < -0.39 is 9.84 Å². The molecular formula is C46H36N8O4S2. The Hall–Kier alpha value is -7.16. The van der Waals surface area contributed by atoms with Crippen LogP contribution in [0.5, 0.6) is 11.5 Å². The van der Waals surface area contributed by atoms with Crippen LogP contribution in [-0.2, 0) is 9.84 Å². The van der Waals surface area contributed by atoms with Gasteiger partial charge >= 0.3 is 0 Å². The molecule has 4 aromatic heterocycles. The quantitative estimate of drug-likeness (QED) is 0.107. The number of ether oxygens (including phenoxy) is 2. The summed E-state index contributed by atoms with van der Waals surface area (Å²) in [5, 5.41) is 5.07. The number of hydrogen-bond acceptors (Lipinski definition) is 11. The van der Waals surface area contributed by atoms with Crippen molar-refractivity contribution in [2.45, 2.75) is 10.3 Å². The Bertz CT molecular complexity index is 3350. The molecule has 0 bridgehead atoms. The van der Waals surface area contributed by atoms with Gasteiger partial charge in [-0.05, 0) is 76.3 Å². The van der Waals surface area contributed by atoms with E-state index in [-0.39, 0.29) is 5.16 Å². The van der Waals surface area contributed by atoms with Gasteiger partial charge in [-0.2, -0.15) is 0 Å². The van der Waals surface area contributed by atoms with E-state index in [1.54, 1.807) is 26.5 Å². The van der Waals surface area contributed by atoms with Crippen LogP contribution in [0.25, 0.3) is 78.0 Å². The third-order valence-electron chi connectivity index (χ3n) is 9.95. The fourth-order valence-corrected chi connectivity index (χ4v) is 7.93. The van der Waals surface area contributed by atoms with Gasteiger partial charge < -0.3 is 9.47 Å². The van der Waals surface area contributed by atoms with Crippen LogP contribution in [0.3, 0.4) is 0 Å². The SMILES string of the molecule is COc1ccc2c(c1)nc(-c1ccc3ccccc3c1)n2-c1ccnc(S(C)(=O)=O)n1.COc1ccc2c(c1)nc(-c1ccc3ccccc3c1)n2-c1ccnc(SC)n1. The second-order valence-corrected chi connectivity index (χ2v) is 16.4. The summed E-state index contributed by atoms with van der Waals surface area (Å²) in [6, 6.07) is 44.0. The van der Waals surface area contributed by atoms with Crippen molar-refractivity contribution >= 4 is 65.2 Å². The second-order valence-electron chi connectivity index (χ2n) is 13.7. The molecule has 0 aliphatic rings. The van der Waals surface area contributed by atoms with Crippen molar-refractivity contribution in [3.63, 3.8) is 0 Å². The van der Waals surface area contributed by atoms with Crippen LogP contribution >= 0.6 is 11.8 Å². The average Bonchev–Trinajstić information content (AvgIpc) is 3.87. The lowest BCUT2D eigenvalue weighted by Gasteiger charge is -2.10. The summed E-state index contributed by atoms with van der Waals surface area (Å²) in [7, 11) is -0.296. The molecule has 0 amide bonds. The van der Waals surface area contributed by atoms with Gasteiger partial charge in [0.25, 0.3) is 0 Å². The zero-order valence-electron chi connectivity index (χ0n) is 32.9. The first kappa shape index (κ1) is 38.4. The number of rotatable bonds is 8. The van der Waals surface area contributed by atoms with Gasteiger partial charge in [0.1, 0.15) is 34.8 Å². The van der Waals surface area contributed by atoms with E-state index >= 15 is 0 Å². The summed E-state index contributed by atoms with van der Waals surface area (Å²) in [6.07, 6.45) is 6.29. The molecule has 6 aromatic carbocycles. The lowest BCUT2D eigenvalue weighted by Crippen LogP contribution is -2.08. The van der Waals surface area contributed by atoms with Crippen LogP contribution in [0.4, 0.5) is 0 Å². The van der Waals surface area contributed by atoms with Crippen molar-refractivity contribution in [2.24, 2.45) is 0 Å². The number of benzene rings is 6. The number of aromatic nitrogens is 8. The monoisotopic (exact) mass is 828 g/mol. The Morgan fingerprint density at radius 1 is 0.533 bits per heavy atom. The summed E-state index contributed by atoms with van der Waals surface area (Å²) < 4.78 is 38.7. The van der Waals surface area contributed by atoms with Crippen LogP contribution in [0.2, 0.25) is 0 Å². The first-order valence-corrected chi connectivity index (χ1v) is 21.8. The molecule has 12 nitrogen and oxygen atoms in total. The van der Waals surface area contributed by atoms with Crippen LogP contribution in [0, 0.1) is 0 Å². The number of imidazole rings is 2. The molecule has 0 radical (unpaired) electrons. The number of hydrogen-bond donors (Lipinski definition) is 0. The predicted molar refractivity (Wildman–Crippen MR) is 237 cm³/mol. The van der Waals surface area contributed by atoms with E-state index in [9.17, 15) is 8.42 Å². The fraction of sp³-hybridized carbons (Fsp3) is 0.0870. The standard InChI is InChI=1S/C23H18N4O3S.C23H18N4OS/c1-30-18-9-10-20-19(14-18)25-22(17-8-7-15-5-3-4-6-16(15)13-17)27(20)21-11-12-24-23(26-21)31(2,28)29;1-28-18-9-10-20-19(14-18)25-22(27(20)21-11-12-24-23(26-21)29-2)17-8-7-15-5-3-4-6-16(15)13-17/h3-14H,1-2H3;3-14H,1-2H3. The first-order chi connectivity index (χ1) is 29.2. The Balaban J connectivity index is 0.000000154. The molecule has 14 heteroatoms. The molecule has 296 valence electrons. The molecule has 60 heavy (non-hydrogen) atoms. The first-order valence-electron chi connectivity index (χ1n) is 18.7. The summed E-state index contributed by atoms with van der Waals surface area (Å²) in [6.45, 7) is 0. The average molecular weight is 829 g/mol. The molecule has 0 aliphatic heterocycles. The smallest absolute Gasteiger partial charge is 0.248 e. The molecule has 0 spiro atoms. The minimum Gasteiger partial charge on any atom is -0.497 e. The Kier molecular flexibility index (Phi) is 10.2. The van der Waals surface area contributed by atoms with Crippen molar-refractivity contribution in [3.8, 4) is 45.9 Å². The molecule has 0 N–H and O–H groups in total. The highest BCUT2D eigenvalue weighted by molar-refractivity contribution is 7.98. The van der Waals surface area contributed by atoms with Gasteiger partial charge in [0.05, 0.1) is 36.3 Å². The molecule has 4 heterocycles. The summed E-state index contributed by atoms with van der Waals surface area (Å²) in [5.41, 5.74) is 5.23. The maximum atomic E-state index is 12.0. The highest BCUT2D eigenvalue weighted by Gasteiger charge is 2.20. The Labute approximate surface area is 349 Å². The molecule has 0 saturated carbocycles. The van der Waals surface area contributed by atoms with Crippen LogP contribution in [-0.4, -0.2) is 74.2 Å². The van der Waals surface area contributed by atoms with E-state index in [1.807, 2.05) is 89.7 Å². The third-order valence-corrected chi connectivity index (χ3v) is 11.4. The number of sulfone groups is 1. The van der Waals surface area contributed by atoms with E-state index in [1.165, 1.54) is 28.7 Å². The molecule has 0 aliphatic carbocycles. The number of nitrogens with zero attached hydrogens (tertiary/aromatic N) is 8. The van der Waals surface area contributed by atoms with Crippen molar-refractivity contribution in [1.82, 2.24) is 39.0 Å². The fourth-order valence-electron chi connectivity index (χ4n) is 7.07. The minimum atomic E-state index is -3.56. The van der Waals surface area contributed by atoms with Gasteiger partial charge in [0, 0.05) is 41.9 Å². The number of fused-ring (bicyclic) bond motifs is 4. The second kappa shape index (κ2) is 15.9. The normalized spacial score (nSPS) is 11.5. The van der Waals surface area contributed by atoms with Crippen LogP contribution in [0.1, 0.15) is 0 Å². The van der Waals surface area contributed by atoms with Gasteiger partial charge in [-0.25, -0.2) is 38.3 Å². The topological polar surface area (TPSA) is 140 Å². The molecule has 0 saturated heterocycles. The van der Waals surface area contributed by atoms with Crippen LogP contribution < -0.4 is 9.47 Å². The van der Waals surface area contributed by atoms with Gasteiger partial charge in [0.2, 0.25) is 15.0 Å². The molecule has 0 unspecified atom stereocenters. The maximum Gasteiger partial charge on any atom is 0.248 e. The van der Waals surface area contributed by atoms with Crippen molar-refractivity contribution in [2.75, 3.05) is 26.7 Å². The largest absolute Gasteiger partial charge is 0.497 e. The molecule has 0 atom stereocenters. The zero-order valence-corrected chi connectivity index (χ0v) is 34.5. The van der Waals surface area contributed by atoms with Crippen molar-refractivity contribution in [1.29, 1.82) is 0 Å². The lowest BCUT2D eigenvalue weighted by molar-refractivity contribution is 0.415. The van der Waals surface area contributed by atoms with Crippen molar-refractivity contribution in [3.05, 3.63) is 146 Å². The highest BCUT2D eigenvalue weighted by atomic mass is 32.2. The van der Waals surface area contributed by atoms with E-state index in [2.05, 4.69) is 68.0 Å². The molecule has 0 fully saturated rings. The van der Waals surface area contributed by atoms with Crippen molar-refractivity contribution < 1.29 is 17.9 Å². The van der Waals surface area contributed by atoms with Crippen LogP contribution in [0.15, 0.2) is 156 Å². The van der Waals surface area contributed by atoms with E-state index in [0.29, 0.717) is 22.9 Å². The lowest BCUT2D eigenvalue weighted by atomic mass is 10.1.